The van der Waals surface area contributed by atoms with Crippen molar-refractivity contribution in [2.24, 2.45) is 0 Å². The summed E-state index contributed by atoms with van der Waals surface area (Å²) < 4.78 is 0. The van der Waals surface area contributed by atoms with Crippen LogP contribution in [0.2, 0.25) is 0 Å². The lowest BCUT2D eigenvalue weighted by Crippen LogP contribution is -2.33. The summed E-state index contributed by atoms with van der Waals surface area (Å²) in [7, 11) is 1.97. The first-order valence-electron chi connectivity index (χ1n) is 6.55. The van der Waals surface area contributed by atoms with Gasteiger partial charge in [0.25, 0.3) is 5.91 Å². The van der Waals surface area contributed by atoms with E-state index in [2.05, 4.69) is 18.0 Å². The lowest BCUT2D eigenvalue weighted by molar-refractivity contribution is 0.0776. The Morgan fingerprint density at radius 2 is 2.37 bits per heavy atom. The summed E-state index contributed by atoms with van der Waals surface area (Å²) in [5, 5.41) is 0.815. The summed E-state index contributed by atoms with van der Waals surface area (Å²) in [5.41, 5.74) is 5.89. The van der Waals surface area contributed by atoms with Crippen molar-refractivity contribution in [1.29, 1.82) is 0 Å². The van der Waals surface area contributed by atoms with E-state index in [9.17, 15) is 4.79 Å². The van der Waals surface area contributed by atoms with Gasteiger partial charge in [0.15, 0.2) is 5.13 Å². The third-order valence-corrected chi connectivity index (χ3v) is 4.24. The minimum Gasteiger partial charge on any atom is -0.382 e. The number of hydrogen-bond donors (Lipinski definition) is 1. The average molecular weight is 280 g/mol. The molecule has 0 radical (unpaired) electrons. The zero-order chi connectivity index (χ0) is 13.8. The Hall–Kier alpha value is -1.56. The largest absolute Gasteiger partial charge is 0.382 e. The molecule has 1 aliphatic rings. The van der Waals surface area contributed by atoms with Crippen LogP contribution in [-0.4, -0.2) is 42.5 Å². The first-order chi connectivity index (χ1) is 9.13. The SMILES string of the molecule is CCCN(C)c1nc(N)c(C(=O)N2CC=CCC2)s1. The second-order valence-corrected chi connectivity index (χ2v) is 5.62. The van der Waals surface area contributed by atoms with Crippen LogP contribution in [0.1, 0.15) is 29.4 Å². The van der Waals surface area contributed by atoms with Crippen molar-refractivity contribution < 1.29 is 4.79 Å². The Balaban J connectivity index is 2.15. The molecule has 5 nitrogen and oxygen atoms in total. The van der Waals surface area contributed by atoms with Gasteiger partial charge >= 0.3 is 0 Å². The van der Waals surface area contributed by atoms with Crippen molar-refractivity contribution in [3.05, 3.63) is 17.0 Å². The van der Waals surface area contributed by atoms with E-state index >= 15 is 0 Å². The minimum absolute atomic E-state index is 0.00417. The molecule has 2 heterocycles. The quantitative estimate of drug-likeness (QED) is 0.857. The number of aromatic nitrogens is 1. The Morgan fingerprint density at radius 3 is 3.00 bits per heavy atom. The van der Waals surface area contributed by atoms with Gasteiger partial charge in [0.05, 0.1) is 0 Å². The number of carbonyl (C=O) groups excluding carboxylic acids is 1. The molecule has 0 aliphatic carbocycles. The number of nitrogen functional groups attached to an aromatic ring is 1. The van der Waals surface area contributed by atoms with E-state index in [0.717, 1.165) is 31.1 Å². The van der Waals surface area contributed by atoms with Crippen molar-refractivity contribution in [2.45, 2.75) is 19.8 Å². The lowest BCUT2D eigenvalue weighted by atomic mass is 10.2. The third kappa shape index (κ3) is 3.07. The summed E-state index contributed by atoms with van der Waals surface area (Å²) in [6, 6.07) is 0. The van der Waals surface area contributed by atoms with Gasteiger partial charge in [-0.3, -0.25) is 4.79 Å². The van der Waals surface area contributed by atoms with Crippen LogP contribution in [-0.2, 0) is 0 Å². The molecule has 1 aromatic heterocycles. The zero-order valence-electron chi connectivity index (χ0n) is 11.4. The Kier molecular flexibility index (Phi) is 4.42. The van der Waals surface area contributed by atoms with Crippen LogP contribution >= 0.6 is 11.3 Å². The Labute approximate surface area is 117 Å². The first kappa shape index (κ1) is 13.9. The standard InChI is InChI=1S/C13H20N4OS/c1-3-7-16(2)13-15-11(14)10(19-13)12(18)17-8-5-4-6-9-17/h4-5H,3,6-9,14H2,1-2H3. The van der Waals surface area contributed by atoms with Crippen LogP contribution in [0.25, 0.3) is 0 Å². The van der Waals surface area contributed by atoms with Gasteiger partial charge in [-0.25, -0.2) is 4.98 Å². The molecule has 19 heavy (non-hydrogen) atoms. The molecule has 0 fully saturated rings. The maximum Gasteiger partial charge on any atom is 0.268 e. The fourth-order valence-corrected chi connectivity index (χ4v) is 2.98. The molecular formula is C13H20N4OS. The number of nitrogens with two attached hydrogens (primary N) is 1. The molecule has 0 saturated carbocycles. The molecule has 1 aliphatic heterocycles. The number of anilines is 2. The molecule has 2 rings (SSSR count). The van der Waals surface area contributed by atoms with Crippen molar-refractivity contribution >= 4 is 28.2 Å². The Bertz CT molecular complexity index is 483. The number of thiazole rings is 1. The highest BCUT2D eigenvalue weighted by Gasteiger charge is 2.23. The van der Waals surface area contributed by atoms with Crippen molar-refractivity contribution in [2.75, 3.05) is 37.3 Å². The molecule has 0 atom stereocenters. The van der Waals surface area contributed by atoms with Crippen molar-refractivity contribution in [3.63, 3.8) is 0 Å². The average Bonchev–Trinajstić information content (AvgIpc) is 2.81. The second kappa shape index (κ2) is 6.06. The van der Waals surface area contributed by atoms with E-state index in [0.29, 0.717) is 17.2 Å². The van der Waals surface area contributed by atoms with Gasteiger partial charge in [-0.05, 0) is 12.8 Å². The molecule has 1 amide bonds. The molecule has 104 valence electrons. The van der Waals surface area contributed by atoms with Crippen LogP contribution in [0, 0.1) is 0 Å². The van der Waals surface area contributed by atoms with Gasteiger partial charge in [-0.2, -0.15) is 0 Å². The third-order valence-electron chi connectivity index (χ3n) is 3.07. The van der Waals surface area contributed by atoms with Gasteiger partial charge < -0.3 is 15.5 Å². The minimum atomic E-state index is -0.00417. The normalized spacial score (nSPS) is 14.7. The molecule has 0 aromatic carbocycles. The highest BCUT2D eigenvalue weighted by Crippen LogP contribution is 2.29. The van der Waals surface area contributed by atoms with Crippen LogP contribution in [0.4, 0.5) is 10.9 Å². The summed E-state index contributed by atoms with van der Waals surface area (Å²) in [5.74, 6) is 0.345. The van der Waals surface area contributed by atoms with E-state index < -0.39 is 0 Å². The van der Waals surface area contributed by atoms with Crippen molar-refractivity contribution in [3.8, 4) is 0 Å². The van der Waals surface area contributed by atoms with Gasteiger partial charge in [0, 0.05) is 26.7 Å². The molecule has 2 N–H and O–H groups in total. The van der Waals surface area contributed by atoms with Gasteiger partial charge in [0.2, 0.25) is 0 Å². The molecule has 0 spiro atoms. The molecule has 6 heteroatoms. The molecule has 1 aromatic rings. The van der Waals surface area contributed by atoms with Crippen LogP contribution in [0.3, 0.4) is 0 Å². The first-order valence-corrected chi connectivity index (χ1v) is 7.36. The molecule has 0 saturated heterocycles. The lowest BCUT2D eigenvalue weighted by Gasteiger charge is -2.22. The maximum absolute atomic E-state index is 12.4. The van der Waals surface area contributed by atoms with Crippen molar-refractivity contribution in [1.82, 2.24) is 9.88 Å². The summed E-state index contributed by atoms with van der Waals surface area (Å²) >= 11 is 1.38. The molecule has 0 unspecified atom stereocenters. The highest BCUT2D eigenvalue weighted by molar-refractivity contribution is 7.18. The second-order valence-electron chi connectivity index (χ2n) is 4.64. The van der Waals surface area contributed by atoms with E-state index in [1.54, 1.807) is 0 Å². The summed E-state index contributed by atoms with van der Waals surface area (Å²) in [6.45, 7) is 4.44. The van der Waals surface area contributed by atoms with Gasteiger partial charge in [0.1, 0.15) is 10.7 Å². The number of carbonyl (C=O) groups is 1. The number of hydrogen-bond acceptors (Lipinski definition) is 5. The maximum atomic E-state index is 12.4. The predicted octanol–water partition coefficient (Wildman–Crippen LogP) is 1.97. The van der Waals surface area contributed by atoms with Gasteiger partial charge in [-0.15, -0.1) is 0 Å². The number of nitrogens with zero attached hydrogens (tertiary/aromatic N) is 3. The van der Waals surface area contributed by atoms with E-state index in [1.165, 1.54) is 11.3 Å². The fourth-order valence-electron chi connectivity index (χ4n) is 2.04. The molecule has 0 bridgehead atoms. The zero-order valence-corrected chi connectivity index (χ0v) is 12.2. The summed E-state index contributed by atoms with van der Waals surface area (Å²) in [4.78, 5) is 21.1. The van der Waals surface area contributed by atoms with E-state index in [4.69, 9.17) is 5.73 Å². The van der Waals surface area contributed by atoms with Crippen LogP contribution in [0.5, 0.6) is 0 Å². The molecular weight excluding hydrogens is 260 g/mol. The number of amides is 1. The predicted molar refractivity (Wildman–Crippen MR) is 79.7 cm³/mol. The van der Waals surface area contributed by atoms with Gasteiger partial charge in [-0.1, -0.05) is 30.4 Å². The van der Waals surface area contributed by atoms with E-state index in [1.807, 2.05) is 22.9 Å². The fraction of sp³-hybridized carbons (Fsp3) is 0.538. The highest BCUT2D eigenvalue weighted by atomic mass is 32.1. The Morgan fingerprint density at radius 1 is 1.58 bits per heavy atom. The monoisotopic (exact) mass is 280 g/mol. The van der Waals surface area contributed by atoms with Crippen LogP contribution in [0.15, 0.2) is 12.2 Å². The topological polar surface area (TPSA) is 62.5 Å². The van der Waals surface area contributed by atoms with Crippen LogP contribution < -0.4 is 10.6 Å². The van der Waals surface area contributed by atoms with E-state index in [-0.39, 0.29) is 5.91 Å². The smallest absolute Gasteiger partial charge is 0.268 e. The summed E-state index contributed by atoms with van der Waals surface area (Å²) in [6.07, 6.45) is 6.06. The number of rotatable bonds is 4.